The molecule has 0 spiro atoms. The first-order valence-electron chi connectivity index (χ1n) is 6.62. The van der Waals surface area contributed by atoms with Crippen LogP contribution in [0.5, 0.6) is 5.88 Å². The molecule has 11 heteroatoms. The van der Waals surface area contributed by atoms with Crippen molar-refractivity contribution in [1.29, 1.82) is 0 Å². The van der Waals surface area contributed by atoms with Gasteiger partial charge in [-0.25, -0.2) is 0 Å². The number of anilines is 1. The molecule has 0 atom stereocenters. The van der Waals surface area contributed by atoms with E-state index in [1.54, 1.807) is 6.92 Å². The van der Waals surface area contributed by atoms with Gasteiger partial charge in [-0.3, -0.25) is 29.7 Å². The fraction of sp³-hybridized carbons (Fsp3) is 0.231. The van der Waals surface area contributed by atoms with Crippen molar-refractivity contribution in [3.63, 3.8) is 0 Å². The summed E-state index contributed by atoms with van der Waals surface area (Å²) in [6.07, 6.45) is 1.08. The summed E-state index contributed by atoms with van der Waals surface area (Å²) in [6.45, 7) is 1.34. The lowest BCUT2D eigenvalue weighted by molar-refractivity contribution is -0.385. The van der Waals surface area contributed by atoms with E-state index in [-0.39, 0.29) is 23.8 Å². The maximum absolute atomic E-state index is 12.0. The number of amides is 1. The first-order chi connectivity index (χ1) is 11.3. The monoisotopic (exact) mass is 335 g/mol. The molecule has 0 saturated carbocycles. The van der Waals surface area contributed by atoms with Gasteiger partial charge in [0.05, 0.1) is 17.0 Å². The lowest BCUT2D eigenvalue weighted by Crippen LogP contribution is -2.19. The molecule has 1 N–H and O–H groups in total. The van der Waals surface area contributed by atoms with Crippen LogP contribution in [-0.4, -0.2) is 32.6 Å². The molecule has 0 unspecified atom stereocenters. The second-order valence-electron chi connectivity index (χ2n) is 4.78. The SMILES string of the molecule is COc1nn(CC(=O)Nc2ccc([N+](=O)[O-])cc2C)cc1[N+](=O)[O-]. The highest BCUT2D eigenvalue weighted by atomic mass is 16.6. The van der Waals surface area contributed by atoms with Gasteiger partial charge in [-0.2, -0.15) is 0 Å². The number of nitro benzene ring substituents is 1. The molecule has 0 aliphatic rings. The molecular formula is C13H13N5O6. The van der Waals surface area contributed by atoms with Crippen LogP contribution in [0.25, 0.3) is 0 Å². The molecule has 126 valence electrons. The standard InChI is InChI=1S/C13H13N5O6/c1-8-5-9(17(20)21)3-4-10(8)14-12(19)7-16-6-11(18(22)23)13(15-16)24-2/h3-6H,7H2,1-2H3,(H,14,19). The van der Waals surface area contributed by atoms with Crippen LogP contribution < -0.4 is 10.1 Å². The number of rotatable bonds is 6. The topological polar surface area (TPSA) is 142 Å². The number of hydrogen-bond acceptors (Lipinski definition) is 7. The van der Waals surface area contributed by atoms with Crippen LogP contribution >= 0.6 is 0 Å². The lowest BCUT2D eigenvalue weighted by atomic mass is 10.2. The van der Waals surface area contributed by atoms with E-state index in [1.807, 2.05) is 0 Å². The van der Waals surface area contributed by atoms with E-state index in [1.165, 1.54) is 25.3 Å². The number of nitrogens with one attached hydrogen (secondary N) is 1. The fourth-order valence-corrected chi connectivity index (χ4v) is 1.98. The predicted octanol–water partition coefficient (Wildman–Crippen LogP) is 1.66. The van der Waals surface area contributed by atoms with E-state index >= 15 is 0 Å². The Morgan fingerprint density at radius 2 is 2.04 bits per heavy atom. The van der Waals surface area contributed by atoms with Gasteiger partial charge >= 0.3 is 11.6 Å². The second kappa shape index (κ2) is 6.73. The van der Waals surface area contributed by atoms with Gasteiger partial charge in [0, 0.05) is 17.8 Å². The number of methoxy groups -OCH3 is 1. The predicted molar refractivity (Wildman–Crippen MR) is 81.9 cm³/mol. The Morgan fingerprint density at radius 3 is 2.54 bits per heavy atom. The molecule has 0 saturated heterocycles. The summed E-state index contributed by atoms with van der Waals surface area (Å²) in [5, 5.41) is 27.9. The third-order valence-electron chi connectivity index (χ3n) is 3.10. The molecule has 0 aliphatic heterocycles. The number of nitro groups is 2. The van der Waals surface area contributed by atoms with Crippen molar-refractivity contribution < 1.29 is 19.4 Å². The first-order valence-corrected chi connectivity index (χ1v) is 6.62. The Balaban J connectivity index is 2.11. The molecule has 1 aromatic carbocycles. The zero-order chi connectivity index (χ0) is 17.9. The van der Waals surface area contributed by atoms with Crippen LogP contribution in [0.3, 0.4) is 0 Å². The van der Waals surface area contributed by atoms with Crippen LogP contribution in [0.1, 0.15) is 5.56 Å². The van der Waals surface area contributed by atoms with Gasteiger partial charge in [0.1, 0.15) is 12.7 Å². The van der Waals surface area contributed by atoms with Gasteiger partial charge in [0.2, 0.25) is 5.91 Å². The van der Waals surface area contributed by atoms with Crippen LogP contribution in [0, 0.1) is 27.2 Å². The third-order valence-corrected chi connectivity index (χ3v) is 3.10. The van der Waals surface area contributed by atoms with Crippen molar-refractivity contribution in [2.45, 2.75) is 13.5 Å². The van der Waals surface area contributed by atoms with Crippen molar-refractivity contribution in [1.82, 2.24) is 9.78 Å². The minimum atomic E-state index is -0.666. The van der Waals surface area contributed by atoms with E-state index in [9.17, 15) is 25.0 Å². The maximum atomic E-state index is 12.0. The average Bonchev–Trinajstić information content (AvgIpc) is 2.92. The summed E-state index contributed by atoms with van der Waals surface area (Å²) in [7, 11) is 1.24. The molecule has 2 aromatic rings. The number of non-ortho nitro benzene ring substituents is 1. The van der Waals surface area contributed by atoms with Crippen LogP contribution in [0.15, 0.2) is 24.4 Å². The molecule has 0 radical (unpaired) electrons. The summed E-state index contributed by atoms with van der Waals surface area (Å²) in [5.41, 5.74) is 0.482. The van der Waals surface area contributed by atoms with E-state index in [4.69, 9.17) is 4.74 Å². The Labute approximate surface area is 135 Å². The summed E-state index contributed by atoms with van der Waals surface area (Å²) < 4.78 is 5.85. The highest BCUT2D eigenvalue weighted by molar-refractivity contribution is 5.91. The first kappa shape index (κ1) is 16.9. The van der Waals surface area contributed by atoms with Gasteiger partial charge in [-0.05, 0) is 18.6 Å². The van der Waals surface area contributed by atoms with Crippen molar-refractivity contribution in [3.05, 3.63) is 50.2 Å². The summed E-state index contributed by atoms with van der Waals surface area (Å²) in [5.74, 6) is -0.689. The number of benzene rings is 1. The summed E-state index contributed by atoms with van der Waals surface area (Å²) in [4.78, 5) is 32.3. The smallest absolute Gasteiger partial charge is 0.350 e. The largest absolute Gasteiger partial charge is 0.475 e. The highest BCUT2D eigenvalue weighted by Gasteiger charge is 2.21. The van der Waals surface area contributed by atoms with E-state index in [0.717, 1.165) is 10.9 Å². The van der Waals surface area contributed by atoms with Crippen molar-refractivity contribution in [3.8, 4) is 5.88 Å². The average molecular weight is 335 g/mol. The molecule has 0 aliphatic carbocycles. The highest BCUT2D eigenvalue weighted by Crippen LogP contribution is 2.24. The molecule has 11 nitrogen and oxygen atoms in total. The molecule has 2 rings (SSSR count). The van der Waals surface area contributed by atoms with Crippen molar-refractivity contribution >= 4 is 23.0 Å². The van der Waals surface area contributed by atoms with Crippen LogP contribution in [0.4, 0.5) is 17.1 Å². The van der Waals surface area contributed by atoms with Gasteiger partial charge in [0.15, 0.2) is 0 Å². The van der Waals surface area contributed by atoms with Crippen molar-refractivity contribution in [2.75, 3.05) is 12.4 Å². The van der Waals surface area contributed by atoms with E-state index in [2.05, 4.69) is 10.4 Å². The summed E-state index contributed by atoms with van der Waals surface area (Å²) in [6, 6.07) is 4.01. The van der Waals surface area contributed by atoms with E-state index in [0.29, 0.717) is 11.3 Å². The number of carbonyl (C=O) groups is 1. The number of aryl methyl sites for hydroxylation is 1. The molecular weight excluding hydrogens is 322 g/mol. The molecule has 0 bridgehead atoms. The molecule has 0 fully saturated rings. The fourth-order valence-electron chi connectivity index (χ4n) is 1.98. The van der Waals surface area contributed by atoms with Gasteiger partial charge in [-0.15, -0.1) is 5.10 Å². The minimum absolute atomic E-state index is 0.0852. The van der Waals surface area contributed by atoms with Crippen LogP contribution in [0.2, 0.25) is 0 Å². The second-order valence-corrected chi connectivity index (χ2v) is 4.78. The van der Waals surface area contributed by atoms with Crippen molar-refractivity contribution in [2.24, 2.45) is 0 Å². The Bertz CT molecular complexity index is 815. The normalized spacial score (nSPS) is 10.2. The van der Waals surface area contributed by atoms with Gasteiger partial charge < -0.3 is 10.1 Å². The lowest BCUT2D eigenvalue weighted by Gasteiger charge is -2.08. The van der Waals surface area contributed by atoms with Gasteiger partial charge in [0.25, 0.3) is 5.69 Å². The maximum Gasteiger partial charge on any atom is 0.350 e. The molecule has 1 amide bonds. The summed E-state index contributed by atoms with van der Waals surface area (Å²) >= 11 is 0. The quantitative estimate of drug-likeness (QED) is 0.624. The number of nitrogens with zero attached hydrogens (tertiary/aromatic N) is 4. The number of hydrogen-bond donors (Lipinski definition) is 1. The Morgan fingerprint density at radius 1 is 1.33 bits per heavy atom. The van der Waals surface area contributed by atoms with Gasteiger partial charge in [-0.1, -0.05) is 0 Å². The molecule has 1 aromatic heterocycles. The van der Waals surface area contributed by atoms with Crippen LogP contribution in [-0.2, 0) is 11.3 Å². The third kappa shape index (κ3) is 3.63. The molecule has 1 heterocycles. The molecule has 24 heavy (non-hydrogen) atoms. The minimum Gasteiger partial charge on any atom is -0.475 e. The zero-order valence-electron chi connectivity index (χ0n) is 12.8. The number of aromatic nitrogens is 2. The number of ether oxygens (including phenoxy) is 1. The zero-order valence-corrected chi connectivity index (χ0v) is 12.8. The Hall–Kier alpha value is -3.50. The van der Waals surface area contributed by atoms with E-state index < -0.39 is 15.8 Å². The Kier molecular flexibility index (Phi) is 4.73. The number of carbonyl (C=O) groups excluding carboxylic acids is 1.